The van der Waals surface area contributed by atoms with Crippen molar-refractivity contribution in [2.75, 3.05) is 36.0 Å². The molecule has 27 heavy (non-hydrogen) atoms. The Balaban J connectivity index is 1.75. The van der Waals surface area contributed by atoms with Gasteiger partial charge in [0.25, 0.3) is 0 Å². The summed E-state index contributed by atoms with van der Waals surface area (Å²) in [5.41, 5.74) is 14.2. The lowest BCUT2D eigenvalue weighted by Crippen LogP contribution is -2.23. The number of hydrogen-bond acceptors (Lipinski definition) is 9. The van der Waals surface area contributed by atoms with Gasteiger partial charge in [-0.15, -0.1) is 0 Å². The minimum Gasteiger partial charge on any atom is -0.396 e. The van der Waals surface area contributed by atoms with Crippen LogP contribution in [0.25, 0.3) is 0 Å². The van der Waals surface area contributed by atoms with Crippen LogP contribution in [0.4, 0.5) is 23.0 Å². The number of hydrogen-bond donors (Lipinski definition) is 3. The molecule has 0 saturated carbocycles. The van der Waals surface area contributed by atoms with Crippen molar-refractivity contribution in [3.05, 3.63) is 29.6 Å². The van der Waals surface area contributed by atoms with Gasteiger partial charge >= 0.3 is 0 Å². The molecule has 0 aromatic carbocycles. The molecule has 5 N–H and O–H groups in total. The highest BCUT2D eigenvalue weighted by Crippen LogP contribution is 2.32. The number of fused-ring (bicyclic) bond motifs is 1. The SMILES string of the molecule is CCN=c1ccnc2n1N=CC2=Nc1nc(N2CCC(O)C2)c(N)cc1N. The van der Waals surface area contributed by atoms with E-state index in [1.54, 1.807) is 29.2 Å². The van der Waals surface area contributed by atoms with Crippen LogP contribution >= 0.6 is 0 Å². The first-order chi connectivity index (χ1) is 13.1. The summed E-state index contributed by atoms with van der Waals surface area (Å²) in [6.45, 7) is 3.77. The quantitative estimate of drug-likeness (QED) is 0.691. The van der Waals surface area contributed by atoms with Crippen LogP contribution in [0, 0.1) is 0 Å². The average Bonchev–Trinajstić information content (AvgIpc) is 3.25. The van der Waals surface area contributed by atoms with Gasteiger partial charge in [-0.2, -0.15) is 9.78 Å². The molecule has 2 aliphatic rings. The molecule has 2 aliphatic heterocycles. The average molecular weight is 367 g/mol. The molecule has 1 unspecified atom stereocenters. The molecule has 0 spiro atoms. The smallest absolute Gasteiger partial charge is 0.183 e. The Morgan fingerprint density at radius 2 is 2.19 bits per heavy atom. The maximum absolute atomic E-state index is 9.78. The maximum Gasteiger partial charge on any atom is 0.183 e. The number of aromatic nitrogens is 3. The first-order valence-corrected chi connectivity index (χ1v) is 8.77. The summed E-state index contributed by atoms with van der Waals surface area (Å²) in [6, 6.07) is 3.43. The molecule has 4 heterocycles. The normalized spacial score (nSPS) is 20.7. The summed E-state index contributed by atoms with van der Waals surface area (Å²) in [6.07, 6.45) is 3.57. The Hall–Kier alpha value is -3.27. The van der Waals surface area contributed by atoms with Gasteiger partial charge in [0.2, 0.25) is 0 Å². The minimum absolute atomic E-state index is 0.343. The standard InChI is InChI=1S/C17H21N9O/c1-2-20-14-3-5-21-17-13(8-22-26(14)17)23-15-11(18)7-12(19)16(24-15)25-6-4-10(27)9-25/h3,5,7-8,10,27H,2,4,6,9,18-19H2,1H3. The fraction of sp³-hybridized carbons (Fsp3) is 0.353. The van der Waals surface area contributed by atoms with Crippen LogP contribution in [0.2, 0.25) is 0 Å². The Kier molecular flexibility index (Phi) is 4.32. The zero-order chi connectivity index (χ0) is 19.0. The molecular weight excluding hydrogens is 346 g/mol. The van der Waals surface area contributed by atoms with Gasteiger partial charge < -0.3 is 21.5 Å². The van der Waals surface area contributed by atoms with Gasteiger partial charge in [0, 0.05) is 31.9 Å². The van der Waals surface area contributed by atoms with E-state index in [2.05, 4.69) is 25.1 Å². The molecule has 1 saturated heterocycles. The number of aliphatic hydroxyl groups is 1. The number of pyridine rings is 1. The van der Waals surface area contributed by atoms with E-state index in [0.717, 1.165) is 0 Å². The predicted octanol–water partition coefficient (Wildman–Crippen LogP) is -0.0976. The number of anilines is 3. The number of rotatable bonds is 3. The molecule has 1 fully saturated rings. The lowest BCUT2D eigenvalue weighted by molar-refractivity contribution is 0.198. The number of nitrogen functional groups attached to an aromatic ring is 2. The summed E-state index contributed by atoms with van der Waals surface area (Å²) in [7, 11) is 0. The predicted molar refractivity (Wildman–Crippen MR) is 104 cm³/mol. The summed E-state index contributed by atoms with van der Waals surface area (Å²) in [5.74, 6) is 1.49. The van der Waals surface area contributed by atoms with Crippen molar-refractivity contribution in [1.82, 2.24) is 14.6 Å². The van der Waals surface area contributed by atoms with Crippen molar-refractivity contribution in [3.8, 4) is 0 Å². The molecule has 2 aromatic heterocycles. The fourth-order valence-corrected chi connectivity index (χ4v) is 3.14. The van der Waals surface area contributed by atoms with Gasteiger partial charge in [0.05, 0.1) is 23.7 Å². The number of nitrogens with two attached hydrogens (primary N) is 2. The summed E-state index contributed by atoms with van der Waals surface area (Å²) in [5, 5.41) is 14.1. The highest BCUT2D eigenvalue weighted by molar-refractivity contribution is 6.39. The first kappa shape index (κ1) is 17.2. The van der Waals surface area contributed by atoms with Gasteiger partial charge in [-0.1, -0.05) is 0 Å². The fourth-order valence-electron chi connectivity index (χ4n) is 3.14. The van der Waals surface area contributed by atoms with Crippen LogP contribution in [0.3, 0.4) is 0 Å². The zero-order valence-corrected chi connectivity index (χ0v) is 14.9. The number of nitrogens with zero attached hydrogens (tertiary/aromatic N) is 7. The highest BCUT2D eigenvalue weighted by atomic mass is 16.3. The van der Waals surface area contributed by atoms with Crippen molar-refractivity contribution < 1.29 is 5.11 Å². The lowest BCUT2D eigenvalue weighted by Gasteiger charge is -2.19. The molecule has 10 nitrogen and oxygen atoms in total. The van der Waals surface area contributed by atoms with E-state index in [1.807, 2.05) is 11.8 Å². The van der Waals surface area contributed by atoms with E-state index in [-0.39, 0.29) is 6.10 Å². The van der Waals surface area contributed by atoms with Crippen LogP contribution in [-0.2, 0) is 0 Å². The second kappa shape index (κ2) is 6.80. The Morgan fingerprint density at radius 1 is 1.33 bits per heavy atom. The Bertz CT molecular complexity index is 1010. The van der Waals surface area contributed by atoms with Crippen LogP contribution in [0.5, 0.6) is 0 Å². The summed E-state index contributed by atoms with van der Waals surface area (Å²) >= 11 is 0. The number of aliphatic hydroxyl groups excluding tert-OH is 1. The van der Waals surface area contributed by atoms with Crippen molar-refractivity contribution in [2.45, 2.75) is 19.4 Å². The maximum atomic E-state index is 9.78. The minimum atomic E-state index is -0.381. The molecule has 10 heteroatoms. The van der Waals surface area contributed by atoms with Crippen LogP contribution in [0.15, 0.2) is 33.4 Å². The van der Waals surface area contributed by atoms with Gasteiger partial charge in [0.1, 0.15) is 5.71 Å². The van der Waals surface area contributed by atoms with Crippen molar-refractivity contribution >= 4 is 34.9 Å². The van der Waals surface area contributed by atoms with Crippen LogP contribution in [0.1, 0.15) is 19.2 Å². The molecule has 1 atom stereocenters. The number of β-amino-alcohol motifs (C(OH)–C–C–N with tert-alkyl or cyclic N) is 1. The van der Waals surface area contributed by atoms with E-state index < -0.39 is 0 Å². The third-order valence-electron chi connectivity index (χ3n) is 4.41. The Labute approximate surface area is 155 Å². The van der Waals surface area contributed by atoms with Crippen molar-refractivity contribution in [2.24, 2.45) is 15.1 Å². The molecule has 0 radical (unpaired) electrons. The molecule has 0 aliphatic carbocycles. The number of aliphatic imine (C=N–C) groups is 1. The monoisotopic (exact) mass is 367 g/mol. The molecule has 0 amide bonds. The second-order valence-corrected chi connectivity index (χ2v) is 6.36. The first-order valence-electron chi connectivity index (χ1n) is 8.77. The molecule has 140 valence electrons. The lowest BCUT2D eigenvalue weighted by atomic mass is 10.3. The van der Waals surface area contributed by atoms with Crippen molar-refractivity contribution in [1.29, 1.82) is 0 Å². The van der Waals surface area contributed by atoms with Gasteiger partial charge in [-0.25, -0.2) is 15.0 Å². The topological polar surface area (TPSA) is 143 Å². The van der Waals surface area contributed by atoms with Gasteiger partial charge in [0.15, 0.2) is 22.9 Å². The van der Waals surface area contributed by atoms with Crippen molar-refractivity contribution in [3.63, 3.8) is 0 Å². The van der Waals surface area contributed by atoms with E-state index in [0.29, 0.717) is 66.1 Å². The van der Waals surface area contributed by atoms with E-state index in [4.69, 9.17) is 11.5 Å². The molecule has 0 bridgehead atoms. The van der Waals surface area contributed by atoms with Crippen LogP contribution < -0.4 is 21.9 Å². The molecule has 4 rings (SSSR count). The van der Waals surface area contributed by atoms with Gasteiger partial charge in [-0.3, -0.25) is 4.99 Å². The van der Waals surface area contributed by atoms with E-state index >= 15 is 0 Å². The van der Waals surface area contributed by atoms with E-state index in [1.165, 1.54) is 0 Å². The highest BCUT2D eigenvalue weighted by Gasteiger charge is 2.24. The van der Waals surface area contributed by atoms with Crippen LogP contribution in [-0.4, -0.2) is 57.4 Å². The molecular formula is C17H21N9O. The van der Waals surface area contributed by atoms with Gasteiger partial charge in [-0.05, 0) is 19.4 Å². The Morgan fingerprint density at radius 3 is 2.93 bits per heavy atom. The third kappa shape index (κ3) is 3.14. The van der Waals surface area contributed by atoms with E-state index in [9.17, 15) is 5.11 Å². The second-order valence-electron chi connectivity index (χ2n) is 6.36. The summed E-state index contributed by atoms with van der Waals surface area (Å²) < 4.78 is 1.63. The summed E-state index contributed by atoms with van der Waals surface area (Å²) in [4.78, 5) is 19.8. The molecule has 2 aromatic rings. The largest absolute Gasteiger partial charge is 0.396 e. The third-order valence-corrected chi connectivity index (χ3v) is 4.41. The zero-order valence-electron chi connectivity index (χ0n) is 14.9.